The first-order chi connectivity index (χ1) is 7.29. The maximum atomic E-state index is 5.56. The minimum Gasteiger partial charge on any atom is -0.368 e. The zero-order chi connectivity index (χ0) is 10.7. The third kappa shape index (κ3) is 2.36. The van der Waals surface area contributed by atoms with Crippen LogP contribution < -0.4 is 10.6 Å². The van der Waals surface area contributed by atoms with Gasteiger partial charge in [0.15, 0.2) is 0 Å². The Kier molecular flexibility index (Phi) is 3.01. The van der Waals surface area contributed by atoms with Gasteiger partial charge < -0.3 is 15.5 Å². The van der Waals surface area contributed by atoms with Gasteiger partial charge in [-0.25, -0.2) is 4.98 Å². The van der Waals surface area contributed by atoms with E-state index in [1.54, 1.807) is 6.20 Å². The fourth-order valence-electron chi connectivity index (χ4n) is 1.83. The van der Waals surface area contributed by atoms with Gasteiger partial charge in [-0.15, -0.1) is 0 Å². The molecule has 0 saturated carbocycles. The Labute approximate surface area is 89.9 Å². The molecule has 1 aliphatic rings. The molecule has 1 aromatic rings. The Morgan fingerprint density at radius 1 is 1.33 bits per heavy atom. The molecule has 0 aliphatic carbocycles. The van der Waals surface area contributed by atoms with E-state index < -0.39 is 0 Å². The van der Waals surface area contributed by atoms with Crippen molar-refractivity contribution in [3.8, 4) is 0 Å². The van der Waals surface area contributed by atoms with Gasteiger partial charge in [0.2, 0.25) is 5.95 Å². The standard InChI is InChI=1S/C10H17N5/c1-2-14-5-7-15(8-6-14)9-3-4-12-10(11)13-9/h3-4H,2,5-8H2,1H3,(H2,11,12,13). The molecule has 0 unspecified atom stereocenters. The third-order valence-corrected chi connectivity index (χ3v) is 2.80. The SMILES string of the molecule is CCN1CCN(c2ccnc(N)n2)CC1. The van der Waals surface area contributed by atoms with Crippen molar-refractivity contribution in [1.82, 2.24) is 14.9 Å². The minimum atomic E-state index is 0.352. The van der Waals surface area contributed by atoms with Gasteiger partial charge in [-0.3, -0.25) is 0 Å². The maximum absolute atomic E-state index is 5.56. The summed E-state index contributed by atoms with van der Waals surface area (Å²) in [5, 5.41) is 0. The summed E-state index contributed by atoms with van der Waals surface area (Å²) in [5.41, 5.74) is 5.56. The average molecular weight is 207 g/mol. The van der Waals surface area contributed by atoms with Crippen LogP contribution in [0.1, 0.15) is 6.92 Å². The number of piperazine rings is 1. The van der Waals surface area contributed by atoms with Gasteiger partial charge in [0, 0.05) is 32.4 Å². The van der Waals surface area contributed by atoms with E-state index in [1.807, 2.05) is 6.07 Å². The lowest BCUT2D eigenvalue weighted by Gasteiger charge is -2.34. The predicted molar refractivity (Wildman–Crippen MR) is 60.8 cm³/mol. The summed E-state index contributed by atoms with van der Waals surface area (Å²) in [6.07, 6.45) is 1.71. The second kappa shape index (κ2) is 4.44. The molecule has 0 radical (unpaired) electrons. The number of likely N-dealkylation sites (N-methyl/N-ethyl adjacent to an activating group) is 1. The number of nitrogens with zero attached hydrogens (tertiary/aromatic N) is 4. The lowest BCUT2D eigenvalue weighted by molar-refractivity contribution is 0.270. The molecule has 1 aliphatic heterocycles. The molecular weight excluding hydrogens is 190 g/mol. The molecule has 2 N–H and O–H groups in total. The molecule has 2 heterocycles. The summed E-state index contributed by atoms with van der Waals surface area (Å²) in [6.45, 7) is 7.55. The highest BCUT2D eigenvalue weighted by Gasteiger charge is 2.16. The summed E-state index contributed by atoms with van der Waals surface area (Å²) >= 11 is 0. The molecule has 15 heavy (non-hydrogen) atoms. The van der Waals surface area contributed by atoms with E-state index >= 15 is 0 Å². The van der Waals surface area contributed by atoms with Crippen LogP contribution >= 0.6 is 0 Å². The van der Waals surface area contributed by atoms with Crippen LogP contribution in [0.2, 0.25) is 0 Å². The molecule has 0 amide bonds. The molecule has 82 valence electrons. The fraction of sp³-hybridized carbons (Fsp3) is 0.600. The monoisotopic (exact) mass is 207 g/mol. The van der Waals surface area contributed by atoms with Crippen molar-refractivity contribution in [1.29, 1.82) is 0 Å². The van der Waals surface area contributed by atoms with E-state index in [-0.39, 0.29) is 0 Å². The van der Waals surface area contributed by atoms with Crippen molar-refractivity contribution in [2.45, 2.75) is 6.92 Å². The van der Waals surface area contributed by atoms with E-state index in [0.717, 1.165) is 38.5 Å². The Balaban J connectivity index is 2.01. The van der Waals surface area contributed by atoms with Gasteiger partial charge in [0.1, 0.15) is 5.82 Å². The molecule has 0 atom stereocenters. The third-order valence-electron chi connectivity index (χ3n) is 2.80. The topological polar surface area (TPSA) is 58.3 Å². The normalized spacial score (nSPS) is 18.1. The first-order valence-electron chi connectivity index (χ1n) is 5.35. The molecule has 1 aromatic heterocycles. The number of nitrogen functional groups attached to an aromatic ring is 1. The van der Waals surface area contributed by atoms with Crippen LogP contribution in [-0.4, -0.2) is 47.6 Å². The molecule has 0 spiro atoms. The first-order valence-corrected chi connectivity index (χ1v) is 5.35. The van der Waals surface area contributed by atoms with E-state index in [1.165, 1.54) is 0 Å². The van der Waals surface area contributed by atoms with Crippen LogP contribution in [0.4, 0.5) is 11.8 Å². The van der Waals surface area contributed by atoms with Gasteiger partial charge in [-0.05, 0) is 12.6 Å². The van der Waals surface area contributed by atoms with Crippen molar-refractivity contribution in [2.75, 3.05) is 43.4 Å². The number of aromatic nitrogens is 2. The molecule has 0 aromatic carbocycles. The molecule has 2 rings (SSSR count). The largest absolute Gasteiger partial charge is 0.368 e. The highest BCUT2D eigenvalue weighted by atomic mass is 15.3. The van der Waals surface area contributed by atoms with Crippen LogP contribution in [0.5, 0.6) is 0 Å². The molecule has 1 saturated heterocycles. The number of hydrogen-bond donors (Lipinski definition) is 1. The molecule has 5 heteroatoms. The minimum absolute atomic E-state index is 0.352. The molecular formula is C10H17N5. The van der Waals surface area contributed by atoms with E-state index in [4.69, 9.17) is 5.73 Å². The van der Waals surface area contributed by atoms with Crippen LogP contribution in [0.15, 0.2) is 12.3 Å². The molecule has 1 fully saturated rings. The van der Waals surface area contributed by atoms with Crippen molar-refractivity contribution in [2.24, 2.45) is 0 Å². The highest BCUT2D eigenvalue weighted by molar-refractivity contribution is 5.41. The van der Waals surface area contributed by atoms with Gasteiger partial charge in [0.25, 0.3) is 0 Å². The summed E-state index contributed by atoms with van der Waals surface area (Å²) in [5.74, 6) is 1.30. The number of rotatable bonds is 2. The second-order valence-electron chi connectivity index (χ2n) is 3.69. The number of hydrogen-bond acceptors (Lipinski definition) is 5. The van der Waals surface area contributed by atoms with E-state index in [0.29, 0.717) is 5.95 Å². The lowest BCUT2D eigenvalue weighted by Crippen LogP contribution is -2.46. The molecule has 0 bridgehead atoms. The summed E-state index contributed by atoms with van der Waals surface area (Å²) in [6, 6.07) is 1.91. The lowest BCUT2D eigenvalue weighted by atomic mass is 10.3. The Morgan fingerprint density at radius 2 is 2.07 bits per heavy atom. The summed E-state index contributed by atoms with van der Waals surface area (Å²) < 4.78 is 0. The highest BCUT2D eigenvalue weighted by Crippen LogP contribution is 2.13. The Bertz CT molecular complexity index is 319. The zero-order valence-electron chi connectivity index (χ0n) is 9.06. The van der Waals surface area contributed by atoms with Gasteiger partial charge in [0.05, 0.1) is 0 Å². The van der Waals surface area contributed by atoms with Crippen molar-refractivity contribution < 1.29 is 0 Å². The van der Waals surface area contributed by atoms with Crippen LogP contribution in [0, 0.1) is 0 Å². The fourth-order valence-corrected chi connectivity index (χ4v) is 1.83. The first kappa shape index (κ1) is 10.2. The van der Waals surface area contributed by atoms with Gasteiger partial charge in [-0.2, -0.15) is 4.98 Å². The van der Waals surface area contributed by atoms with Crippen molar-refractivity contribution in [3.05, 3.63) is 12.3 Å². The Hall–Kier alpha value is -1.36. The van der Waals surface area contributed by atoms with Crippen molar-refractivity contribution in [3.63, 3.8) is 0 Å². The smallest absolute Gasteiger partial charge is 0.221 e. The Morgan fingerprint density at radius 3 is 2.67 bits per heavy atom. The summed E-state index contributed by atoms with van der Waals surface area (Å²) in [7, 11) is 0. The number of anilines is 2. The van der Waals surface area contributed by atoms with Crippen molar-refractivity contribution >= 4 is 11.8 Å². The molecule has 5 nitrogen and oxygen atoms in total. The van der Waals surface area contributed by atoms with Gasteiger partial charge in [-0.1, -0.05) is 6.92 Å². The summed E-state index contributed by atoms with van der Waals surface area (Å²) in [4.78, 5) is 12.8. The van der Waals surface area contributed by atoms with Gasteiger partial charge >= 0.3 is 0 Å². The van der Waals surface area contributed by atoms with E-state index in [9.17, 15) is 0 Å². The van der Waals surface area contributed by atoms with Crippen LogP contribution in [-0.2, 0) is 0 Å². The predicted octanol–water partition coefficient (Wildman–Crippen LogP) is 0.201. The van der Waals surface area contributed by atoms with Crippen LogP contribution in [0.3, 0.4) is 0 Å². The maximum Gasteiger partial charge on any atom is 0.221 e. The quantitative estimate of drug-likeness (QED) is 0.750. The average Bonchev–Trinajstić information content (AvgIpc) is 2.29. The number of nitrogens with two attached hydrogens (primary N) is 1. The zero-order valence-corrected chi connectivity index (χ0v) is 9.06. The van der Waals surface area contributed by atoms with Crippen LogP contribution in [0.25, 0.3) is 0 Å². The second-order valence-corrected chi connectivity index (χ2v) is 3.69. The van der Waals surface area contributed by atoms with E-state index in [2.05, 4.69) is 26.7 Å².